The van der Waals surface area contributed by atoms with Crippen molar-refractivity contribution in [2.75, 3.05) is 44.5 Å². The molecule has 0 bridgehead atoms. The third kappa shape index (κ3) is 4.33. The predicted molar refractivity (Wildman–Crippen MR) is 134 cm³/mol. The first-order valence-corrected chi connectivity index (χ1v) is 12.4. The molecule has 0 radical (unpaired) electrons. The molecule has 6 rings (SSSR count). The molecule has 184 valence electrons. The average molecular weight is 506 g/mol. The minimum absolute atomic E-state index is 0.0617. The zero-order valence-corrected chi connectivity index (χ0v) is 20.4. The highest BCUT2D eigenvalue weighted by molar-refractivity contribution is 7.19. The normalized spacial score (nSPS) is 14.9. The Kier molecular flexibility index (Phi) is 5.68. The van der Waals surface area contributed by atoms with Crippen LogP contribution in [0.4, 0.5) is 5.82 Å². The molecule has 2 aliphatic heterocycles. The van der Waals surface area contributed by atoms with Crippen molar-refractivity contribution in [2.24, 2.45) is 0 Å². The highest BCUT2D eigenvalue weighted by atomic mass is 32.1. The molecule has 1 saturated heterocycles. The summed E-state index contributed by atoms with van der Waals surface area (Å²) in [7, 11) is 0. The third-order valence-electron chi connectivity index (χ3n) is 6.19. The number of amides is 1. The Labute approximate surface area is 210 Å². The Balaban J connectivity index is 1.09. The Morgan fingerprint density at radius 2 is 1.81 bits per heavy atom. The van der Waals surface area contributed by atoms with Crippen molar-refractivity contribution in [2.45, 2.75) is 6.92 Å². The second-order valence-electron chi connectivity index (χ2n) is 8.59. The van der Waals surface area contributed by atoms with Crippen LogP contribution in [0.1, 0.15) is 5.56 Å². The van der Waals surface area contributed by atoms with Gasteiger partial charge in [0.25, 0.3) is 11.5 Å². The van der Waals surface area contributed by atoms with E-state index >= 15 is 0 Å². The number of carbonyl (C=O) groups is 1. The molecule has 2 aromatic heterocycles. The standard InChI is InChI=1S/C25H23N5O5S/c1-16-2-4-17(5-3-16)24-27-30-22(31)13-21(26-25(30)36-24)28-8-10-29(11-9-28)23(32)14-33-18-6-7-19-20(12-18)35-15-34-19/h2-7,12-13H,8-11,14-15H2,1H3. The van der Waals surface area contributed by atoms with E-state index in [0.29, 0.717) is 54.2 Å². The van der Waals surface area contributed by atoms with Gasteiger partial charge in [0.1, 0.15) is 16.6 Å². The van der Waals surface area contributed by atoms with Gasteiger partial charge in [-0.25, -0.2) is 4.98 Å². The Bertz CT molecular complexity index is 1490. The van der Waals surface area contributed by atoms with Crippen molar-refractivity contribution < 1.29 is 19.0 Å². The largest absolute Gasteiger partial charge is 0.484 e. The lowest BCUT2D eigenvalue weighted by atomic mass is 10.2. The predicted octanol–water partition coefficient (Wildman–Crippen LogP) is 2.58. The molecule has 11 heteroatoms. The summed E-state index contributed by atoms with van der Waals surface area (Å²) in [6.07, 6.45) is 0. The molecule has 0 saturated carbocycles. The third-order valence-corrected chi connectivity index (χ3v) is 7.15. The van der Waals surface area contributed by atoms with E-state index in [4.69, 9.17) is 19.2 Å². The van der Waals surface area contributed by atoms with Crippen molar-refractivity contribution >= 4 is 28.0 Å². The van der Waals surface area contributed by atoms with Crippen LogP contribution < -0.4 is 24.7 Å². The van der Waals surface area contributed by atoms with Crippen molar-refractivity contribution in [3.05, 3.63) is 64.4 Å². The van der Waals surface area contributed by atoms with Gasteiger partial charge < -0.3 is 24.0 Å². The number of aromatic nitrogens is 3. The zero-order valence-electron chi connectivity index (χ0n) is 19.5. The lowest BCUT2D eigenvalue weighted by Gasteiger charge is -2.35. The summed E-state index contributed by atoms with van der Waals surface area (Å²) in [6.45, 7) is 4.33. The van der Waals surface area contributed by atoms with E-state index in [-0.39, 0.29) is 24.9 Å². The molecule has 4 heterocycles. The first-order chi connectivity index (χ1) is 17.5. The molecule has 1 fully saturated rings. The Hall–Kier alpha value is -4.12. The summed E-state index contributed by atoms with van der Waals surface area (Å²) < 4.78 is 17.6. The number of hydrogen-bond acceptors (Lipinski definition) is 9. The van der Waals surface area contributed by atoms with E-state index in [0.717, 1.165) is 16.1 Å². The number of fused-ring (bicyclic) bond motifs is 2. The van der Waals surface area contributed by atoms with Gasteiger partial charge in [-0.2, -0.15) is 9.61 Å². The van der Waals surface area contributed by atoms with Gasteiger partial charge in [0, 0.05) is 43.9 Å². The van der Waals surface area contributed by atoms with Crippen LogP contribution in [0.2, 0.25) is 0 Å². The number of rotatable bonds is 5. The van der Waals surface area contributed by atoms with Gasteiger partial charge >= 0.3 is 0 Å². The van der Waals surface area contributed by atoms with Crippen LogP contribution in [0.5, 0.6) is 17.2 Å². The fourth-order valence-electron chi connectivity index (χ4n) is 4.16. The minimum atomic E-state index is -0.222. The molecule has 2 aliphatic rings. The first-order valence-electron chi connectivity index (χ1n) is 11.6. The summed E-state index contributed by atoms with van der Waals surface area (Å²) in [5.74, 6) is 2.34. The number of nitrogens with zero attached hydrogens (tertiary/aromatic N) is 5. The van der Waals surface area contributed by atoms with Gasteiger partial charge in [0.15, 0.2) is 18.1 Å². The molecular weight excluding hydrogens is 482 g/mol. The highest BCUT2D eigenvalue weighted by Gasteiger charge is 2.24. The van der Waals surface area contributed by atoms with Gasteiger partial charge in [0.2, 0.25) is 11.8 Å². The number of piperazine rings is 1. The van der Waals surface area contributed by atoms with E-state index in [1.807, 2.05) is 36.1 Å². The second kappa shape index (κ2) is 9.15. The smallest absolute Gasteiger partial charge is 0.277 e. The fourth-order valence-corrected chi connectivity index (χ4v) is 5.07. The topological polar surface area (TPSA) is 98.5 Å². The number of aryl methyl sites for hydroxylation is 1. The monoisotopic (exact) mass is 505 g/mol. The lowest BCUT2D eigenvalue weighted by Crippen LogP contribution is -2.50. The minimum Gasteiger partial charge on any atom is -0.484 e. The number of hydrogen-bond donors (Lipinski definition) is 0. The fraction of sp³-hybridized carbons (Fsp3) is 0.280. The van der Waals surface area contributed by atoms with Crippen LogP contribution >= 0.6 is 11.3 Å². The molecule has 2 aromatic carbocycles. The summed E-state index contributed by atoms with van der Waals surface area (Å²) in [4.78, 5) is 34.5. The molecule has 1 amide bonds. The number of benzene rings is 2. The second-order valence-corrected chi connectivity index (χ2v) is 9.55. The van der Waals surface area contributed by atoms with Gasteiger partial charge in [0.05, 0.1) is 0 Å². The van der Waals surface area contributed by atoms with Crippen LogP contribution in [0.25, 0.3) is 15.5 Å². The summed E-state index contributed by atoms with van der Waals surface area (Å²) in [5, 5.41) is 5.20. The zero-order chi connectivity index (χ0) is 24.6. The van der Waals surface area contributed by atoms with E-state index in [9.17, 15) is 9.59 Å². The molecule has 10 nitrogen and oxygen atoms in total. The quantitative estimate of drug-likeness (QED) is 0.408. The van der Waals surface area contributed by atoms with Crippen LogP contribution in [-0.2, 0) is 4.79 Å². The summed E-state index contributed by atoms with van der Waals surface area (Å²) in [5.41, 5.74) is 1.89. The Morgan fingerprint density at radius 1 is 1.03 bits per heavy atom. The van der Waals surface area contributed by atoms with E-state index in [1.54, 1.807) is 23.1 Å². The van der Waals surface area contributed by atoms with Crippen LogP contribution in [0.15, 0.2) is 53.3 Å². The van der Waals surface area contributed by atoms with Gasteiger partial charge in [-0.3, -0.25) is 9.59 Å². The van der Waals surface area contributed by atoms with Crippen molar-refractivity contribution in [3.8, 4) is 27.8 Å². The van der Waals surface area contributed by atoms with Crippen molar-refractivity contribution in [1.82, 2.24) is 19.5 Å². The van der Waals surface area contributed by atoms with Gasteiger partial charge in [-0.15, -0.1) is 0 Å². The first kappa shape index (κ1) is 22.4. The van der Waals surface area contributed by atoms with Crippen molar-refractivity contribution in [1.29, 1.82) is 0 Å². The molecule has 4 aromatic rings. The van der Waals surface area contributed by atoms with Crippen LogP contribution in [0, 0.1) is 6.92 Å². The van der Waals surface area contributed by atoms with E-state index < -0.39 is 0 Å². The number of anilines is 1. The van der Waals surface area contributed by atoms with E-state index in [2.05, 4.69) is 5.10 Å². The lowest BCUT2D eigenvalue weighted by molar-refractivity contribution is -0.133. The molecule has 0 spiro atoms. The molecule has 0 N–H and O–H groups in total. The Morgan fingerprint density at radius 3 is 2.61 bits per heavy atom. The molecule has 36 heavy (non-hydrogen) atoms. The SMILES string of the molecule is Cc1ccc(-c2nn3c(=O)cc(N4CCN(C(=O)COc5ccc6c(c5)OCO6)CC4)nc3s2)cc1. The summed E-state index contributed by atoms with van der Waals surface area (Å²) >= 11 is 1.38. The molecule has 0 atom stereocenters. The van der Waals surface area contributed by atoms with Crippen molar-refractivity contribution in [3.63, 3.8) is 0 Å². The maximum Gasteiger partial charge on any atom is 0.277 e. The van der Waals surface area contributed by atoms with E-state index in [1.165, 1.54) is 21.9 Å². The van der Waals surface area contributed by atoms with Gasteiger partial charge in [-0.1, -0.05) is 41.2 Å². The highest BCUT2D eigenvalue weighted by Crippen LogP contribution is 2.35. The molecular formula is C25H23N5O5S. The van der Waals surface area contributed by atoms with Crippen LogP contribution in [-0.4, -0.2) is 65.0 Å². The maximum absolute atomic E-state index is 12.7. The number of carbonyl (C=O) groups excluding carboxylic acids is 1. The average Bonchev–Trinajstić information content (AvgIpc) is 3.55. The number of ether oxygens (including phenoxy) is 3. The summed E-state index contributed by atoms with van der Waals surface area (Å²) in [6, 6.07) is 14.8. The van der Waals surface area contributed by atoms with Crippen LogP contribution in [0.3, 0.4) is 0 Å². The molecule has 0 unspecified atom stereocenters. The maximum atomic E-state index is 12.7. The molecule has 0 aliphatic carbocycles. The van der Waals surface area contributed by atoms with Gasteiger partial charge in [-0.05, 0) is 19.1 Å².